The third kappa shape index (κ3) is 6.81. The van der Waals surface area contributed by atoms with Gasteiger partial charge in [0.1, 0.15) is 6.04 Å². The number of nitrogens with two attached hydrogens (primary N) is 1. The second-order valence-electron chi connectivity index (χ2n) is 3.07. The Morgan fingerprint density at radius 1 is 1.50 bits per heavy atom. The van der Waals surface area contributed by atoms with Crippen LogP contribution < -0.4 is 10.5 Å². The number of carboxylic acids is 1. The molecule has 0 bridgehead atoms. The van der Waals surface area contributed by atoms with Gasteiger partial charge >= 0.3 is 5.97 Å². The Morgan fingerprint density at radius 3 is 2.43 bits per heavy atom. The summed E-state index contributed by atoms with van der Waals surface area (Å²) >= 11 is 0. The van der Waals surface area contributed by atoms with Crippen LogP contribution in [0.4, 0.5) is 0 Å². The summed E-state index contributed by atoms with van der Waals surface area (Å²) in [5.41, 5.74) is 5.23. The number of carboxylic acid groups (broad SMARTS) is 1. The molecule has 4 N–H and O–H groups in total. The van der Waals surface area contributed by atoms with E-state index in [0.717, 1.165) is 6.26 Å². The molecule has 0 unspecified atom stereocenters. The summed E-state index contributed by atoms with van der Waals surface area (Å²) in [6, 6.07) is -1.04. The number of nitrogens with one attached hydrogen (secondary N) is 1. The molecule has 1 atom stereocenters. The van der Waals surface area contributed by atoms with Crippen molar-refractivity contribution in [1.29, 1.82) is 0 Å². The van der Waals surface area contributed by atoms with E-state index in [0.29, 0.717) is 19.4 Å². The van der Waals surface area contributed by atoms with Crippen LogP contribution in [0.5, 0.6) is 0 Å². The Balaban J connectivity index is 4.11. The summed E-state index contributed by atoms with van der Waals surface area (Å²) in [6.45, 7) is 0.477. The van der Waals surface area contributed by atoms with Crippen LogP contribution >= 0.6 is 0 Å². The molecule has 0 saturated carbocycles. The molecule has 0 spiro atoms. The smallest absolute Gasteiger partial charge is 0.321 e. The van der Waals surface area contributed by atoms with Crippen molar-refractivity contribution >= 4 is 16.0 Å². The summed E-state index contributed by atoms with van der Waals surface area (Å²) in [6.07, 6.45) is 2.48. The molecule has 0 aromatic carbocycles. The van der Waals surface area contributed by atoms with Gasteiger partial charge in [0, 0.05) is 0 Å². The van der Waals surface area contributed by atoms with Gasteiger partial charge in [-0.15, -0.1) is 0 Å². The summed E-state index contributed by atoms with van der Waals surface area (Å²) in [5.74, 6) is -1.16. The lowest BCUT2D eigenvalue weighted by molar-refractivity contribution is -0.139. The maximum Gasteiger partial charge on any atom is 0.321 e. The SMILES string of the molecule is CS(=O)(=O)N[C@@H](CCCCN)C(=O)O. The Bertz CT molecular complexity index is 275. The fourth-order valence-corrected chi connectivity index (χ4v) is 1.72. The molecule has 0 fully saturated rings. The number of hydrogen-bond donors (Lipinski definition) is 3. The topological polar surface area (TPSA) is 109 Å². The lowest BCUT2D eigenvalue weighted by atomic mass is 10.1. The van der Waals surface area contributed by atoms with E-state index in [4.69, 9.17) is 10.8 Å². The molecule has 84 valence electrons. The average Bonchev–Trinajstić information content (AvgIpc) is 2.00. The standard InChI is InChI=1S/C7H16N2O4S/c1-14(12,13)9-6(7(10)11)4-2-3-5-8/h6,9H,2-5,8H2,1H3,(H,10,11)/t6-/m0/s1. The van der Waals surface area contributed by atoms with Gasteiger partial charge in [0.25, 0.3) is 0 Å². The Labute approximate surface area is 83.5 Å². The summed E-state index contributed by atoms with van der Waals surface area (Å²) < 4.78 is 23.6. The van der Waals surface area contributed by atoms with Crippen molar-refractivity contribution in [2.45, 2.75) is 25.3 Å². The van der Waals surface area contributed by atoms with Gasteiger partial charge < -0.3 is 10.8 Å². The van der Waals surface area contributed by atoms with Crippen LogP contribution in [0, 0.1) is 0 Å². The second kappa shape index (κ2) is 5.94. The molecule has 0 heterocycles. The van der Waals surface area contributed by atoms with Crippen LogP contribution in [0.3, 0.4) is 0 Å². The summed E-state index contributed by atoms with van der Waals surface area (Å²) in [7, 11) is -3.47. The molecule has 0 aliphatic rings. The second-order valence-corrected chi connectivity index (χ2v) is 4.85. The lowest BCUT2D eigenvalue weighted by Gasteiger charge is -2.11. The van der Waals surface area contributed by atoms with Crippen molar-refractivity contribution < 1.29 is 18.3 Å². The van der Waals surface area contributed by atoms with Crippen LogP contribution in [0.1, 0.15) is 19.3 Å². The van der Waals surface area contributed by atoms with E-state index in [2.05, 4.69) is 0 Å². The minimum atomic E-state index is -3.47. The summed E-state index contributed by atoms with van der Waals surface area (Å²) in [5, 5.41) is 8.68. The minimum absolute atomic E-state index is 0.263. The third-order valence-corrected chi connectivity index (χ3v) is 2.31. The summed E-state index contributed by atoms with van der Waals surface area (Å²) in [4.78, 5) is 10.6. The molecule has 0 aromatic rings. The largest absolute Gasteiger partial charge is 0.480 e. The number of unbranched alkanes of at least 4 members (excludes halogenated alkanes) is 1. The molecule has 0 aromatic heterocycles. The number of rotatable bonds is 7. The third-order valence-electron chi connectivity index (χ3n) is 1.60. The van der Waals surface area contributed by atoms with Crippen LogP contribution in [0.2, 0.25) is 0 Å². The van der Waals surface area contributed by atoms with E-state index in [-0.39, 0.29) is 6.42 Å². The normalized spacial score (nSPS) is 13.9. The van der Waals surface area contributed by atoms with Crippen molar-refractivity contribution in [3.63, 3.8) is 0 Å². The van der Waals surface area contributed by atoms with Crippen molar-refractivity contribution in [3.8, 4) is 0 Å². The average molecular weight is 224 g/mol. The molecule has 14 heavy (non-hydrogen) atoms. The van der Waals surface area contributed by atoms with Crippen molar-refractivity contribution in [2.75, 3.05) is 12.8 Å². The molecule has 0 saturated heterocycles. The molecular weight excluding hydrogens is 208 g/mol. The van der Waals surface area contributed by atoms with E-state index in [1.807, 2.05) is 4.72 Å². The Kier molecular flexibility index (Phi) is 5.66. The molecule has 6 nitrogen and oxygen atoms in total. The molecule has 0 aliphatic heterocycles. The molecule has 0 amide bonds. The van der Waals surface area contributed by atoms with Crippen molar-refractivity contribution in [1.82, 2.24) is 4.72 Å². The minimum Gasteiger partial charge on any atom is -0.480 e. The Morgan fingerprint density at radius 2 is 2.07 bits per heavy atom. The zero-order valence-corrected chi connectivity index (χ0v) is 8.88. The van der Waals surface area contributed by atoms with Crippen LogP contribution in [-0.4, -0.2) is 38.3 Å². The number of hydrogen-bond acceptors (Lipinski definition) is 4. The zero-order chi connectivity index (χ0) is 11.2. The van der Waals surface area contributed by atoms with E-state index in [1.165, 1.54) is 0 Å². The van der Waals surface area contributed by atoms with Gasteiger partial charge in [0.15, 0.2) is 0 Å². The first-order valence-electron chi connectivity index (χ1n) is 4.27. The van der Waals surface area contributed by atoms with Gasteiger partial charge in [-0.25, -0.2) is 13.1 Å². The van der Waals surface area contributed by atoms with E-state index in [1.54, 1.807) is 0 Å². The number of aliphatic carboxylic acids is 1. The van der Waals surface area contributed by atoms with Crippen LogP contribution in [0.15, 0.2) is 0 Å². The maximum absolute atomic E-state index is 10.8. The van der Waals surface area contributed by atoms with Crippen molar-refractivity contribution in [3.05, 3.63) is 0 Å². The first-order valence-corrected chi connectivity index (χ1v) is 6.16. The predicted octanol–water partition coefficient (Wildman–Crippen LogP) is -0.882. The van der Waals surface area contributed by atoms with Crippen LogP contribution in [-0.2, 0) is 14.8 Å². The highest BCUT2D eigenvalue weighted by atomic mass is 32.2. The van der Waals surface area contributed by atoms with E-state index < -0.39 is 22.0 Å². The van der Waals surface area contributed by atoms with E-state index >= 15 is 0 Å². The van der Waals surface area contributed by atoms with Gasteiger partial charge in [0.05, 0.1) is 6.26 Å². The van der Waals surface area contributed by atoms with Gasteiger partial charge in [-0.2, -0.15) is 0 Å². The van der Waals surface area contributed by atoms with E-state index in [9.17, 15) is 13.2 Å². The van der Waals surface area contributed by atoms with Crippen LogP contribution in [0.25, 0.3) is 0 Å². The lowest BCUT2D eigenvalue weighted by Crippen LogP contribution is -2.40. The number of sulfonamides is 1. The highest BCUT2D eigenvalue weighted by molar-refractivity contribution is 7.88. The number of carbonyl (C=O) groups is 1. The molecule has 7 heteroatoms. The maximum atomic E-state index is 10.8. The molecule has 0 aliphatic carbocycles. The van der Waals surface area contributed by atoms with Crippen molar-refractivity contribution in [2.24, 2.45) is 5.73 Å². The molecular formula is C7H16N2O4S. The van der Waals surface area contributed by atoms with Gasteiger partial charge in [-0.1, -0.05) is 6.42 Å². The molecule has 0 radical (unpaired) electrons. The van der Waals surface area contributed by atoms with Gasteiger partial charge in [0.2, 0.25) is 10.0 Å². The highest BCUT2D eigenvalue weighted by Gasteiger charge is 2.20. The molecule has 0 rings (SSSR count). The zero-order valence-electron chi connectivity index (χ0n) is 8.06. The highest BCUT2D eigenvalue weighted by Crippen LogP contribution is 2.01. The first kappa shape index (κ1) is 13.3. The monoisotopic (exact) mass is 224 g/mol. The predicted molar refractivity (Wildman–Crippen MR) is 52.3 cm³/mol. The fraction of sp³-hybridized carbons (Fsp3) is 0.857. The van der Waals surface area contributed by atoms with Gasteiger partial charge in [-0.05, 0) is 19.4 Å². The van der Waals surface area contributed by atoms with Gasteiger partial charge in [-0.3, -0.25) is 4.79 Å². The Hall–Kier alpha value is -0.660. The fourth-order valence-electron chi connectivity index (χ4n) is 0.984. The quantitative estimate of drug-likeness (QED) is 0.486. The first-order chi connectivity index (χ1) is 6.37.